The van der Waals surface area contributed by atoms with E-state index in [0.717, 1.165) is 5.56 Å². The summed E-state index contributed by atoms with van der Waals surface area (Å²) in [5, 5.41) is 0. The average molecular weight is 261 g/mol. The fourth-order valence-electron chi connectivity index (χ4n) is 2.04. The van der Waals surface area contributed by atoms with Gasteiger partial charge in [-0.25, -0.2) is 0 Å². The Hall–Kier alpha value is -2.17. The maximum Gasteiger partial charge on any atom is 0.318 e. The first kappa shape index (κ1) is 13.3. The van der Waals surface area contributed by atoms with E-state index in [0.29, 0.717) is 6.54 Å². The summed E-state index contributed by atoms with van der Waals surface area (Å²) >= 11 is 0. The summed E-state index contributed by atoms with van der Waals surface area (Å²) in [4.78, 5) is 35.6. The van der Waals surface area contributed by atoms with Gasteiger partial charge in [-0.3, -0.25) is 14.4 Å². The van der Waals surface area contributed by atoms with Crippen molar-refractivity contribution in [2.45, 2.75) is 19.9 Å². The molecule has 0 saturated carbocycles. The number of benzene rings is 1. The molecule has 19 heavy (non-hydrogen) atoms. The van der Waals surface area contributed by atoms with Crippen LogP contribution in [0.4, 0.5) is 0 Å². The Balaban J connectivity index is 2.03. The van der Waals surface area contributed by atoms with Crippen LogP contribution < -0.4 is 0 Å². The normalized spacial score (nSPS) is 18.3. The van der Waals surface area contributed by atoms with E-state index >= 15 is 0 Å². The number of rotatable bonds is 4. The molecular formula is C14H15NO4. The van der Waals surface area contributed by atoms with Gasteiger partial charge in [0.15, 0.2) is 0 Å². The van der Waals surface area contributed by atoms with E-state index in [1.165, 1.54) is 6.92 Å². The van der Waals surface area contributed by atoms with Crippen LogP contribution in [0.15, 0.2) is 30.3 Å². The first-order valence-electron chi connectivity index (χ1n) is 6.10. The van der Waals surface area contributed by atoms with E-state index in [2.05, 4.69) is 4.74 Å². The summed E-state index contributed by atoms with van der Waals surface area (Å²) in [7, 11) is 0. The zero-order chi connectivity index (χ0) is 13.8. The number of nitrogens with zero attached hydrogens (tertiary/aromatic N) is 1. The number of carbonyl (C=O) groups excluding carboxylic acids is 3. The molecule has 0 unspecified atom stereocenters. The first-order chi connectivity index (χ1) is 9.06. The van der Waals surface area contributed by atoms with Crippen LogP contribution in [0, 0.1) is 5.92 Å². The molecule has 1 aromatic carbocycles. The van der Waals surface area contributed by atoms with Gasteiger partial charge in [-0.05, 0) is 5.56 Å². The van der Waals surface area contributed by atoms with Crippen LogP contribution in [0.25, 0.3) is 0 Å². The van der Waals surface area contributed by atoms with Gasteiger partial charge in [0, 0.05) is 20.0 Å². The van der Waals surface area contributed by atoms with E-state index in [-0.39, 0.29) is 18.9 Å². The number of hydrogen-bond donors (Lipinski definition) is 0. The van der Waals surface area contributed by atoms with Crippen molar-refractivity contribution in [2.75, 3.05) is 6.54 Å². The largest absolute Gasteiger partial charge is 0.393 e. The van der Waals surface area contributed by atoms with Crippen molar-refractivity contribution in [3.05, 3.63) is 35.9 Å². The Labute approximate surface area is 111 Å². The lowest BCUT2D eigenvalue weighted by Gasteiger charge is -2.22. The highest BCUT2D eigenvalue weighted by Gasteiger charge is 2.35. The van der Waals surface area contributed by atoms with Crippen LogP contribution in [0.2, 0.25) is 0 Å². The summed E-state index contributed by atoms with van der Waals surface area (Å²) in [5.74, 6) is -1.72. The van der Waals surface area contributed by atoms with Crippen molar-refractivity contribution in [1.82, 2.24) is 4.90 Å². The van der Waals surface area contributed by atoms with Gasteiger partial charge in [0.05, 0.1) is 12.3 Å². The first-order valence-corrected chi connectivity index (χ1v) is 6.10. The van der Waals surface area contributed by atoms with E-state index in [1.807, 2.05) is 30.3 Å². The predicted octanol–water partition coefficient (Wildman–Crippen LogP) is 1.12. The fourth-order valence-corrected chi connectivity index (χ4v) is 2.04. The van der Waals surface area contributed by atoms with Crippen molar-refractivity contribution >= 4 is 17.8 Å². The van der Waals surface area contributed by atoms with Crippen molar-refractivity contribution in [3.8, 4) is 0 Å². The molecule has 0 bridgehead atoms. The Morgan fingerprint density at radius 1 is 1.32 bits per heavy atom. The van der Waals surface area contributed by atoms with E-state index in [1.54, 1.807) is 4.90 Å². The summed E-state index contributed by atoms with van der Waals surface area (Å²) in [6.45, 7) is 2.09. The zero-order valence-corrected chi connectivity index (χ0v) is 10.7. The highest BCUT2D eigenvalue weighted by atomic mass is 16.6. The van der Waals surface area contributed by atoms with Gasteiger partial charge < -0.3 is 9.64 Å². The third kappa shape index (κ3) is 3.40. The Bertz CT molecular complexity index is 497. The van der Waals surface area contributed by atoms with Crippen LogP contribution in [-0.2, 0) is 25.7 Å². The molecule has 2 rings (SSSR count). The van der Waals surface area contributed by atoms with Crippen LogP contribution in [0.1, 0.15) is 18.9 Å². The van der Waals surface area contributed by atoms with Gasteiger partial charge in [-0.1, -0.05) is 30.3 Å². The summed E-state index contributed by atoms with van der Waals surface area (Å²) in [5.41, 5.74) is 0.982. The molecule has 1 atom stereocenters. The Morgan fingerprint density at radius 2 is 2.00 bits per heavy atom. The molecule has 0 aliphatic carbocycles. The second-order valence-electron chi connectivity index (χ2n) is 4.58. The monoisotopic (exact) mass is 261 g/mol. The predicted molar refractivity (Wildman–Crippen MR) is 66.7 cm³/mol. The lowest BCUT2D eigenvalue weighted by molar-refractivity contribution is -0.153. The lowest BCUT2D eigenvalue weighted by atomic mass is 10.1. The van der Waals surface area contributed by atoms with Gasteiger partial charge >= 0.3 is 11.9 Å². The molecule has 1 saturated heterocycles. The summed E-state index contributed by atoms with van der Waals surface area (Å²) in [6, 6.07) is 9.50. The van der Waals surface area contributed by atoms with Crippen molar-refractivity contribution in [1.29, 1.82) is 0 Å². The van der Waals surface area contributed by atoms with Gasteiger partial charge in [-0.15, -0.1) is 0 Å². The second-order valence-corrected chi connectivity index (χ2v) is 4.58. The summed E-state index contributed by atoms with van der Waals surface area (Å²) < 4.78 is 4.49. The SMILES string of the molecule is CC(=O)N(Cc1ccccc1)C[C@H]1CC(=O)OC1=O. The quantitative estimate of drug-likeness (QED) is 0.602. The maximum absolute atomic E-state index is 11.6. The van der Waals surface area contributed by atoms with Gasteiger partial charge in [0.2, 0.25) is 5.91 Å². The number of cyclic esters (lactones) is 2. The molecule has 5 heteroatoms. The molecule has 0 aromatic heterocycles. The van der Waals surface area contributed by atoms with Crippen LogP contribution >= 0.6 is 0 Å². The molecular weight excluding hydrogens is 246 g/mol. The molecule has 1 aliphatic rings. The third-order valence-corrected chi connectivity index (χ3v) is 3.06. The van der Waals surface area contributed by atoms with E-state index < -0.39 is 17.9 Å². The minimum atomic E-state index is -0.542. The summed E-state index contributed by atoms with van der Waals surface area (Å²) in [6.07, 6.45) is 0.0530. The molecule has 1 fully saturated rings. The van der Waals surface area contributed by atoms with E-state index in [4.69, 9.17) is 0 Å². The fraction of sp³-hybridized carbons (Fsp3) is 0.357. The standard InChI is InChI=1S/C14H15NO4/c1-10(16)15(8-11-5-3-2-4-6-11)9-12-7-13(17)19-14(12)18/h2-6,12H,7-9H2,1H3/t12-/m1/s1. The topological polar surface area (TPSA) is 63.7 Å². The Morgan fingerprint density at radius 3 is 2.53 bits per heavy atom. The van der Waals surface area contributed by atoms with Crippen molar-refractivity contribution in [2.24, 2.45) is 5.92 Å². The number of ether oxygens (including phenoxy) is 1. The van der Waals surface area contributed by atoms with Crippen LogP contribution in [0.5, 0.6) is 0 Å². The van der Waals surface area contributed by atoms with Gasteiger partial charge in [0.1, 0.15) is 0 Å². The molecule has 1 heterocycles. The highest BCUT2D eigenvalue weighted by molar-refractivity contribution is 5.95. The number of amides is 1. The van der Waals surface area contributed by atoms with Crippen molar-refractivity contribution in [3.63, 3.8) is 0 Å². The number of hydrogen-bond acceptors (Lipinski definition) is 4. The van der Waals surface area contributed by atoms with Crippen LogP contribution in [0.3, 0.4) is 0 Å². The molecule has 0 spiro atoms. The van der Waals surface area contributed by atoms with Gasteiger partial charge in [0.25, 0.3) is 0 Å². The second kappa shape index (κ2) is 5.65. The molecule has 0 N–H and O–H groups in total. The molecule has 100 valence electrons. The smallest absolute Gasteiger partial charge is 0.318 e. The molecule has 1 aliphatic heterocycles. The molecule has 1 aromatic rings. The zero-order valence-electron chi connectivity index (χ0n) is 10.7. The minimum Gasteiger partial charge on any atom is -0.393 e. The average Bonchev–Trinajstić information content (AvgIpc) is 2.68. The minimum absolute atomic E-state index is 0.0530. The number of carbonyl (C=O) groups is 3. The number of esters is 2. The van der Waals surface area contributed by atoms with Crippen LogP contribution in [-0.4, -0.2) is 29.3 Å². The van der Waals surface area contributed by atoms with E-state index in [9.17, 15) is 14.4 Å². The highest BCUT2D eigenvalue weighted by Crippen LogP contribution is 2.18. The molecule has 1 amide bonds. The Kier molecular flexibility index (Phi) is 3.94. The van der Waals surface area contributed by atoms with Crippen molar-refractivity contribution < 1.29 is 19.1 Å². The third-order valence-electron chi connectivity index (χ3n) is 3.06. The maximum atomic E-state index is 11.6. The molecule has 0 radical (unpaired) electrons. The molecule has 5 nitrogen and oxygen atoms in total. The van der Waals surface area contributed by atoms with Gasteiger partial charge in [-0.2, -0.15) is 0 Å². The lowest BCUT2D eigenvalue weighted by Crippen LogP contribution is -2.34.